The Morgan fingerprint density at radius 1 is 0.909 bits per heavy atom. The number of hydrogen-bond donors (Lipinski definition) is 3. The van der Waals surface area contributed by atoms with E-state index in [1.807, 2.05) is 0 Å². The zero-order valence-electron chi connectivity index (χ0n) is 30.1. The molecule has 4 aliphatic rings. The molecule has 0 spiro atoms. The number of rotatable bonds is 0. The van der Waals surface area contributed by atoms with Crippen LogP contribution in [0.15, 0.2) is 12.5 Å². The molecule has 4 N–H and O–H groups in total. The van der Waals surface area contributed by atoms with Gasteiger partial charge in [0.2, 0.25) is 0 Å². The number of aliphatic carboxylic acids is 1. The summed E-state index contributed by atoms with van der Waals surface area (Å²) in [4.78, 5) is 30.5. The maximum absolute atomic E-state index is 12.4. The summed E-state index contributed by atoms with van der Waals surface area (Å²) in [5.74, 6) is 4.60. The average Bonchev–Trinajstić information content (AvgIpc) is 2.86. The molecule has 0 aliphatic heterocycles. The van der Waals surface area contributed by atoms with Gasteiger partial charge in [0.25, 0.3) is 5.97 Å². The predicted octanol–water partition coefficient (Wildman–Crippen LogP) is 8.73. The number of nitrogens with one attached hydrogen (secondary N) is 1. The minimum atomic E-state index is -0.833. The van der Waals surface area contributed by atoms with Crippen molar-refractivity contribution in [2.24, 2.45) is 62.9 Å². The van der Waals surface area contributed by atoms with Crippen LogP contribution in [0.1, 0.15) is 145 Å². The Bertz CT molecular complexity index is 1150. The second kappa shape index (κ2) is 14.0. The first-order chi connectivity index (χ1) is 20.1. The molecule has 1 aromatic rings. The molecule has 0 saturated heterocycles. The second-order valence-corrected chi connectivity index (χ2v) is 17.2. The number of carbonyl (C=O) groups is 2. The van der Waals surface area contributed by atoms with Gasteiger partial charge in [0.15, 0.2) is 0 Å². The molecule has 1 aromatic heterocycles. The lowest BCUT2D eigenvalue weighted by Crippen LogP contribution is -2.54. The van der Waals surface area contributed by atoms with Crippen molar-refractivity contribution in [1.82, 2.24) is 9.97 Å². The Labute approximate surface area is 268 Å². The summed E-state index contributed by atoms with van der Waals surface area (Å²) in [5, 5.41) is 13.3. The number of carbonyl (C=O) groups excluding carboxylic acids is 1. The van der Waals surface area contributed by atoms with Crippen LogP contribution in [0.5, 0.6) is 0 Å². The molecule has 7 nitrogen and oxygen atoms in total. The maximum atomic E-state index is 12.4. The monoisotopic (exact) mass is 612 g/mol. The van der Waals surface area contributed by atoms with Crippen LogP contribution < -0.4 is 5.73 Å². The fourth-order valence-electron chi connectivity index (χ4n) is 9.62. The van der Waals surface area contributed by atoms with Crippen LogP contribution >= 0.6 is 0 Å². The highest BCUT2D eigenvalue weighted by molar-refractivity contribution is 5.83. The highest BCUT2D eigenvalue weighted by atomic mass is 16.4. The second-order valence-electron chi connectivity index (χ2n) is 17.2. The van der Waals surface area contributed by atoms with E-state index in [0.29, 0.717) is 51.6 Å². The van der Waals surface area contributed by atoms with E-state index in [1.54, 1.807) is 6.33 Å². The summed E-state index contributed by atoms with van der Waals surface area (Å²) in [7, 11) is 0. The molecule has 7 heteroatoms. The third kappa shape index (κ3) is 7.91. The molecule has 5 rings (SSSR count). The quantitative estimate of drug-likeness (QED) is 0.198. The lowest BCUT2D eigenvalue weighted by molar-refractivity contribution is -0.149. The van der Waals surface area contributed by atoms with E-state index >= 15 is 0 Å². The van der Waals surface area contributed by atoms with Crippen molar-refractivity contribution in [3.05, 3.63) is 23.8 Å². The standard InChI is InChI=1S/C18H28N2.C16H28O.C2H4O2.CH4N2/c1-11-7-14-15(16-13(11)9-19-10-20-16)17(3,4)8-12(2)18(14,5)6;1-10-7-12-14(13(17)8-10)15(3,4)9-11(2)16(12,5)6;1-2(3)4;2-1-3/h9-12,14-15H,7-8H2,1-6H3;10-12,14H,7-9H2,1-6H3;1H3,(H,3,4);1H,(H3,2,3). The van der Waals surface area contributed by atoms with Crippen molar-refractivity contribution in [1.29, 1.82) is 5.41 Å². The van der Waals surface area contributed by atoms with Crippen molar-refractivity contribution in [3.8, 4) is 0 Å². The topological polar surface area (TPSA) is 130 Å². The predicted molar refractivity (Wildman–Crippen MR) is 181 cm³/mol. The van der Waals surface area contributed by atoms with Gasteiger partial charge in [-0.15, -0.1) is 0 Å². The highest BCUT2D eigenvalue weighted by Crippen LogP contribution is 2.64. The van der Waals surface area contributed by atoms with Crippen molar-refractivity contribution in [2.75, 3.05) is 0 Å². The minimum Gasteiger partial charge on any atom is -0.481 e. The molecule has 0 radical (unpaired) electrons. The van der Waals surface area contributed by atoms with E-state index in [9.17, 15) is 4.79 Å². The molecule has 1 heterocycles. The van der Waals surface area contributed by atoms with Crippen LogP contribution in [0.3, 0.4) is 0 Å². The minimum absolute atomic E-state index is 0.205. The van der Waals surface area contributed by atoms with Gasteiger partial charge in [0.1, 0.15) is 12.1 Å². The maximum Gasteiger partial charge on any atom is 0.300 e. The van der Waals surface area contributed by atoms with Crippen molar-refractivity contribution >= 4 is 18.1 Å². The van der Waals surface area contributed by atoms with Crippen LogP contribution in [0.25, 0.3) is 0 Å². The fourth-order valence-corrected chi connectivity index (χ4v) is 9.62. The Morgan fingerprint density at radius 3 is 1.82 bits per heavy atom. The van der Waals surface area contributed by atoms with Gasteiger partial charge in [-0.25, -0.2) is 9.97 Å². The molecule has 8 unspecified atom stereocenters. The molecule has 3 fully saturated rings. The molecule has 0 amide bonds. The number of carboxylic acids is 1. The summed E-state index contributed by atoms with van der Waals surface area (Å²) in [6.45, 7) is 29.7. The van der Waals surface area contributed by atoms with E-state index in [1.165, 1.54) is 36.9 Å². The SMILES string of the molecule is CC(=O)O.CC1CC(=O)C2C(C1)C(C)(C)C(C)CC2(C)C.CC1CC2C(c3ncncc31)C(C)(C)CC(C)C2(C)C.N=CN. The first kappa shape index (κ1) is 37.9. The van der Waals surface area contributed by atoms with Crippen LogP contribution in [-0.2, 0) is 9.59 Å². The number of ketones is 1. The van der Waals surface area contributed by atoms with Crippen molar-refractivity contribution in [2.45, 2.75) is 134 Å². The molecule has 8 atom stereocenters. The number of nitrogens with zero attached hydrogens (tertiary/aromatic N) is 2. The number of aromatic nitrogens is 2. The summed E-state index contributed by atoms with van der Waals surface area (Å²) in [5.41, 5.74) is 8.39. The van der Waals surface area contributed by atoms with E-state index in [4.69, 9.17) is 20.3 Å². The molecular weight excluding hydrogens is 548 g/mol. The molecular formula is C37H64N4O3. The van der Waals surface area contributed by atoms with Gasteiger partial charge in [0.05, 0.1) is 12.0 Å². The first-order valence-corrected chi connectivity index (χ1v) is 16.8. The van der Waals surface area contributed by atoms with Crippen LogP contribution in [0.2, 0.25) is 0 Å². The lowest BCUT2D eigenvalue weighted by Gasteiger charge is -2.58. The Hall–Kier alpha value is -2.31. The van der Waals surface area contributed by atoms with E-state index in [0.717, 1.165) is 37.4 Å². The van der Waals surface area contributed by atoms with Crippen molar-refractivity contribution in [3.63, 3.8) is 0 Å². The molecule has 0 bridgehead atoms. The average molecular weight is 613 g/mol. The number of hydrogen-bond acceptors (Lipinski definition) is 5. The fraction of sp³-hybridized carbons (Fsp3) is 0.811. The van der Waals surface area contributed by atoms with Gasteiger partial charge >= 0.3 is 0 Å². The number of carboxylic acid groups (broad SMARTS) is 1. The summed E-state index contributed by atoms with van der Waals surface area (Å²) in [6, 6.07) is 0. The largest absolute Gasteiger partial charge is 0.481 e. The molecule has 44 heavy (non-hydrogen) atoms. The van der Waals surface area contributed by atoms with Gasteiger partial charge < -0.3 is 10.8 Å². The Kier molecular flexibility index (Phi) is 12.0. The zero-order valence-corrected chi connectivity index (χ0v) is 30.1. The van der Waals surface area contributed by atoms with Gasteiger partial charge in [-0.3, -0.25) is 15.0 Å². The molecule has 3 saturated carbocycles. The smallest absolute Gasteiger partial charge is 0.300 e. The number of nitrogens with two attached hydrogens (primary N) is 1. The normalized spacial score (nSPS) is 35.2. The Morgan fingerprint density at radius 2 is 1.34 bits per heavy atom. The first-order valence-electron chi connectivity index (χ1n) is 16.8. The van der Waals surface area contributed by atoms with E-state index < -0.39 is 5.97 Å². The van der Waals surface area contributed by atoms with Gasteiger partial charge in [0, 0.05) is 31.4 Å². The molecule has 0 aromatic carbocycles. The van der Waals surface area contributed by atoms with Gasteiger partial charge in [-0.05, 0) is 88.4 Å². The van der Waals surface area contributed by atoms with Crippen LogP contribution in [0, 0.1) is 62.6 Å². The lowest BCUT2D eigenvalue weighted by atomic mass is 9.46. The molecule has 4 aliphatic carbocycles. The third-order valence-electron chi connectivity index (χ3n) is 12.4. The van der Waals surface area contributed by atoms with Crippen molar-refractivity contribution < 1.29 is 14.7 Å². The Balaban J connectivity index is 0.000000256. The van der Waals surface area contributed by atoms with Crippen LogP contribution in [0.4, 0.5) is 0 Å². The van der Waals surface area contributed by atoms with E-state index in [-0.39, 0.29) is 5.41 Å². The zero-order chi connectivity index (χ0) is 34.0. The van der Waals surface area contributed by atoms with Gasteiger partial charge in [-0.2, -0.15) is 0 Å². The summed E-state index contributed by atoms with van der Waals surface area (Å²) < 4.78 is 0. The third-order valence-corrected chi connectivity index (χ3v) is 12.4. The number of fused-ring (bicyclic) bond motifs is 4. The molecule has 250 valence electrons. The van der Waals surface area contributed by atoms with E-state index in [2.05, 4.69) is 100.0 Å². The highest BCUT2D eigenvalue weighted by Gasteiger charge is 2.56. The number of Topliss-reactive ketones (excluding diaryl/α,β-unsaturated/α-hetero) is 1. The summed E-state index contributed by atoms with van der Waals surface area (Å²) in [6.07, 6.45) is 10.4. The summed E-state index contributed by atoms with van der Waals surface area (Å²) >= 11 is 0. The van der Waals surface area contributed by atoms with Crippen LogP contribution in [-0.4, -0.2) is 33.2 Å². The van der Waals surface area contributed by atoms with Gasteiger partial charge in [-0.1, -0.05) is 83.1 Å².